The molecular formula is C23H25ClN4O. The monoisotopic (exact) mass is 408 g/mol. The van der Waals surface area contributed by atoms with E-state index < -0.39 is 0 Å². The molecule has 3 aromatic rings. The Morgan fingerprint density at radius 1 is 1.03 bits per heavy atom. The molecule has 1 fully saturated rings. The summed E-state index contributed by atoms with van der Waals surface area (Å²) in [6, 6.07) is 14.3. The standard InChI is InChI=1S/C23H25ClN4O/c1-15-4-2-3-5-21(15)29-19-9-6-16(7-10-19)23-27-26-22-14-25-13-17-12-18(24)8-11-20(17)28(22)23/h2-5,8,11-12,16,19,25H,6-7,9-10,13-14H2,1H3/t16-,19-. The van der Waals surface area contributed by atoms with Crippen LogP contribution in [-0.4, -0.2) is 20.9 Å². The number of halogens is 1. The second-order valence-electron chi connectivity index (χ2n) is 8.04. The van der Waals surface area contributed by atoms with Crippen LogP contribution in [0.1, 0.15) is 54.4 Å². The molecule has 5 nitrogen and oxygen atoms in total. The molecule has 29 heavy (non-hydrogen) atoms. The van der Waals surface area contributed by atoms with Gasteiger partial charge in [-0.25, -0.2) is 0 Å². The number of benzene rings is 2. The molecule has 6 heteroatoms. The minimum atomic E-state index is 0.270. The van der Waals surface area contributed by atoms with Gasteiger partial charge in [0.1, 0.15) is 11.6 Å². The first-order chi connectivity index (χ1) is 14.2. The molecule has 150 valence electrons. The molecule has 2 aliphatic rings. The molecular weight excluding hydrogens is 384 g/mol. The lowest BCUT2D eigenvalue weighted by Gasteiger charge is -2.29. The van der Waals surface area contributed by atoms with Crippen LogP contribution < -0.4 is 10.1 Å². The van der Waals surface area contributed by atoms with E-state index in [9.17, 15) is 0 Å². The third kappa shape index (κ3) is 3.65. The number of aryl methyl sites for hydroxylation is 1. The Kier molecular flexibility index (Phi) is 5.02. The Hall–Kier alpha value is -2.37. The molecule has 1 aliphatic carbocycles. The maximum absolute atomic E-state index is 6.29. The topological polar surface area (TPSA) is 52.0 Å². The molecule has 0 saturated heterocycles. The number of para-hydroxylation sites is 1. The van der Waals surface area contributed by atoms with Crippen LogP contribution in [0.3, 0.4) is 0 Å². The molecule has 5 rings (SSSR count). The largest absolute Gasteiger partial charge is 0.490 e. The molecule has 0 bridgehead atoms. The molecule has 1 saturated carbocycles. The summed E-state index contributed by atoms with van der Waals surface area (Å²) in [6.45, 7) is 3.60. The fraction of sp³-hybridized carbons (Fsp3) is 0.391. The number of nitrogens with one attached hydrogen (secondary N) is 1. The van der Waals surface area contributed by atoms with Gasteiger partial charge in [0.15, 0.2) is 5.82 Å². The van der Waals surface area contributed by atoms with E-state index >= 15 is 0 Å². The molecule has 0 spiro atoms. The second-order valence-corrected chi connectivity index (χ2v) is 8.48. The summed E-state index contributed by atoms with van der Waals surface area (Å²) in [4.78, 5) is 0. The quantitative estimate of drug-likeness (QED) is 0.667. The Morgan fingerprint density at radius 2 is 1.86 bits per heavy atom. The zero-order valence-corrected chi connectivity index (χ0v) is 17.3. The molecule has 1 aromatic heterocycles. The third-order valence-corrected chi connectivity index (χ3v) is 6.30. The number of nitrogens with zero attached hydrogens (tertiary/aromatic N) is 3. The van der Waals surface area contributed by atoms with Gasteiger partial charge in [-0.2, -0.15) is 0 Å². The minimum absolute atomic E-state index is 0.270. The maximum Gasteiger partial charge on any atom is 0.151 e. The highest BCUT2D eigenvalue weighted by molar-refractivity contribution is 6.30. The van der Waals surface area contributed by atoms with E-state index in [1.54, 1.807) is 0 Å². The fourth-order valence-corrected chi connectivity index (χ4v) is 4.70. The van der Waals surface area contributed by atoms with Crippen LogP contribution in [0.5, 0.6) is 5.75 Å². The first-order valence-electron chi connectivity index (χ1n) is 10.3. The molecule has 2 heterocycles. The second kappa shape index (κ2) is 7.81. The van der Waals surface area contributed by atoms with E-state index in [0.717, 1.165) is 60.3 Å². The van der Waals surface area contributed by atoms with Crippen LogP contribution in [0, 0.1) is 6.92 Å². The number of hydrogen-bond donors (Lipinski definition) is 1. The van der Waals surface area contributed by atoms with Gasteiger partial charge in [-0.1, -0.05) is 29.8 Å². The molecule has 0 radical (unpaired) electrons. The van der Waals surface area contributed by atoms with Crippen molar-refractivity contribution in [1.29, 1.82) is 0 Å². The van der Waals surface area contributed by atoms with Gasteiger partial charge in [-0.3, -0.25) is 4.57 Å². The van der Waals surface area contributed by atoms with Gasteiger partial charge in [-0.05, 0) is 68.0 Å². The molecule has 0 amide bonds. The van der Waals surface area contributed by atoms with Crippen molar-refractivity contribution >= 4 is 11.6 Å². The summed E-state index contributed by atoms with van der Waals surface area (Å²) >= 11 is 6.23. The maximum atomic E-state index is 6.29. The Balaban J connectivity index is 1.36. The number of hydrogen-bond acceptors (Lipinski definition) is 4. The first-order valence-corrected chi connectivity index (χ1v) is 10.7. The van der Waals surface area contributed by atoms with E-state index in [4.69, 9.17) is 16.3 Å². The van der Waals surface area contributed by atoms with Crippen LogP contribution in [0.25, 0.3) is 5.69 Å². The zero-order chi connectivity index (χ0) is 19.8. The summed E-state index contributed by atoms with van der Waals surface area (Å²) in [6.07, 6.45) is 4.46. The lowest BCUT2D eigenvalue weighted by atomic mass is 9.86. The molecule has 2 aromatic carbocycles. The number of aromatic nitrogens is 3. The van der Waals surface area contributed by atoms with E-state index in [2.05, 4.69) is 51.3 Å². The highest BCUT2D eigenvalue weighted by Crippen LogP contribution is 2.36. The van der Waals surface area contributed by atoms with Crippen molar-refractivity contribution in [3.63, 3.8) is 0 Å². The average molecular weight is 409 g/mol. The Morgan fingerprint density at radius 3 is 2.69 bits per heavy atom. The number of rotatable bonds is 3. The van der Waals surface area contributed by atoms with E-state index in [-0.39, 0.29) is 6.10 Å². The lowest BCUT2D eigenvalue weighted by Crippen LogP contribution is -2.25. The van der Waals surface area contributed by atoms with Gasteiger partial charge < -0.3 is 10.1 Å². The average Bonchev–Trinajstić information content (AvgIpc) is 3.06. The SMILES string of the molecule is Cc1ccccc1O[C@H]1CC[C@H](c2nnc3n2-c2ccc(Cl)cc2CNC3)CC1. The summed E-state index contributed by atoms with van der Waals surface area (Å²) in [5.41, 5.74) is 3.53. The van der Waals surface area contributed by atoms with E-state index in [1.807, 2.05) is 18.2 Å². The number of fused-ring (bicyclic) bond motifs is 3. The third-order valence-electron chi connectivity index (χ3n) is 6.06. The van der Waals surface area contributed by atoms with Gasteiger partial charge in [0.25, 0.3) is 0 Å². The molecule has 0 atom stereocenters. The smallest absolute Gasteiger partial charge is 0.151 e. The zero-order valence-electron chi connectivity index (χ0n) is 16.6. The molecule has 1 aliphatic heterocycles. The van der Waals surface area contributed by atoms with Crippen LogP contribution in [0.4, 0.5) is 0 Å². The van der Waals surface area contributed by atoms with E-state index in [1.165, 1.54) is 11.1 Å². The van der Waals surface area contributed by atoms with Crippen molar-refractivity contribution in [3.8, 4) is 11.4 Å². The fourth-order valence-electron chi connectivity index (χ4n) is 4.50. The van der Waals surface area contributed by atoms with Gasteiger partial charge in [0, 0.05) is 17.5 Å². The highest BCUT2D eigenvalue weighted by Gasteiger charge is 2.30. The highest BCUT2D eigenvalue weighted by atomic mass is 35.5. The Bertz CT molecular complexity index is 1020. The van der Waals surface area contributed by atoms with Crippen molar-refractivity contribution in [2.24, 2.45) is 0 Å². The van der Waals surface area contributed by atoms with Crippen molar-refractivity contribution in [1.82, 2.24) is 20.1 Å². The van der Waals surface area contributed by atoms with Crippen molar-refractivity contribution in [2.45, 2.75) is 57.7 Å². The predicted molar refractivity (Wildman–Crippen MR) is 114 cm³/mol. The van der Waals surface area contributed by atoms with Crippen LogP contribution in [0.2, 0.25) is 5.02 Å². The summed E-state index contributed by atoms with van der Waals surface area (Å²) in [5, 5.41) is 13.3. The first kappa shape index (κ1) is 18.6. The van der Waals surface area contributed by atoms with E-state index in [0.29, 0.717) is 12.5 Å². The summed E-state index contributed by atoms with van der Waals surface area (Å²) in [5.74, 6) is 3.44. The van der Waals surface area contributed by atoms with Crippen LogP contribution in [0.15, 0.2) is 42.5 Å². The van der Waals surface area contributed by atoms with Crippen LogP contribution >= 0.6 is 11.6 Å². The Labute approximate surface area is 176 Å². The van der Waals surface area contributed by atoms with Gasteiger partial charge in [0.2, 0.25) is 0 Å². The summed E-state index contributed by atoms with van der Waals surface area (Å²) in [7, 11) is 0. The van der Waals surface area contributed by atoms with Gasteiger partial charge in [-0.15, -0.1) is 10.2 Å². The van der Waals surface area contributed by atoms with Crippen molar-refractivity contribution in [3.05, 3.63) is 70.3 Å². The number of ether oxygens (including phenoxy) is 1. The van der Waals surface area contributed by atoms with Gasteiger partial charge in [0.05, 0.1) is 18.3 Å². The molecule has 0 unspecified atom stereocenters. The van der Waals surface area contributed by atoms with Crippen molar-refractivity contribution < 1.29 is 4.74 Å². The predicted octanol–water partition coefficient (Wildman–Crippen LogP) is 4.94. The normalized spacial score (nSPS) is 21.2. The lowest BCUT2D eigenvalue weighted by molar-refractivity contribution is 0.143. The van der Waals surface area contributed by atoms with Crippen molar-refractivity contribution in [2.75, 3.05) is 0 Å². The molecule has 1 N–H and O–H groups in total. The summed E-state index contributed by atoms with van der Waals surface area (Å²) < 4.78 is 8.54. The van der Waals surface area contributed by atoms with Crippen LogP contribution in [-0.2, 0) is 13.1 Å². The minimum Gasteiger partial charge on any atom is -0.490 e. The van der Waals surface area contributed by atoms with Gasteiger partial charge >= 0.3 is 0 Å².